The Balaban J connectivity index is 1.94. The molecule has 1 N–H and O–H groups in total. The SMILES string of the molecule is COc1cccc(/C(O)=C2\C(=O)C(=O)N(Cc3cccnc3)C2c2cc(OC)ccc2OC)c1. The number of nitrogens with zero attached hydrogens (tertiary/aromatic N) is 2. The molecule has 8 heteroatoms. The van der Waals surface area contributed by atoms with Crippen LogP contribution in [-0.4, -0.2) is 48.0 Å². The lowest BCUT2D eigenvalue weighted by Gasteiger charge is -2.27. The molecule has 34 heavy (non-hydrogen) atoms. The monoisotopic (exact) mass is 460 g/mol. The number of Topliss-reactive ketones (excluding diaryl/α,β-unsaturated/α-hetero) is 1. The molecule has 1 aliphatic rings. The summed E-state index contributed by atoms with van der Waals surface area (Å²) in [6.07, 6.45) is 3.25. The third kappa shape index (κ3) is 4.17. The number of aliphatic hydroxyl groups excluding tert-OH is 1. The Bertz CT molecular complexity index is 1260. The van der Waals surface area contributed by atoms with Gasteiger partial charge in [-0.05, 0) is 42.0 Å². The molecule has 0 saturated carbocycles. The van der Waals surface area contributed by atoms with Gasteiger partial charge in [0.2, 0.25) is 0 Å². The van der Waals surface area contributed by atoms with Crippen molar-refractivity contribution in [3.63, 3.8) is 0 Å². The van der Waals surface area contributed by atoms with E-state index in [2.05, 4.69) is 4.98 Å². The van der Waals surface area contributed by atoms with Crippen molar-refractivity contribution < 1.29 is 28.9 Å². The first kappa shape index (κ1) is 22.8. The van der Waals surface area contributed by atoms with Crippen LogP contribution in [0.15, 0.2) is 72.6 Å². The van der Waals surface area contributed by atoms with Crippen molar-refractivity contribution in [2.24, 2.45) is 0 Å². The molecule has 1 amide bonds. The summed E-state index contributed by atoms with van der Waals surface area (Å²) in [5, 5.41) is 11.3. The topological polar surface area (TPSA) is 98.2 Å². The lowest BCUT2D eigenvalue weighted by molar-refractivity contribution is -0.140. The first-order valence-electron chi connectivity index (χ1n) is 10.5. The minimum Gasteiger partial charge on any atom is -0.507 e. The second kappa shape index (κ2) is 9.66. The van der Waals surface area contributed by atoms with Crippen LogP contribution in [0.25, 0.3) is 5.76 Å². The summed E-state index contributed by atoms with van der Waals surface area (Å²) < 4.78 is 16.2. The minimum atomic E-state index is -0.920. The largest absolute Gasteiger partial charge is 0.507 e. The zero-order valence-corrected chi connectivity index (χ0v) is 19.0. The van der Waals surface area contributed by atoms with Crippen molar-refractivity contribution in [3.8, 4) is 17.2 Å². The minimum absolute atomic E-state index is 0.0475. The molecule has 8 nitrogen and oxygen atoms in total. The molecular formula is C26H24N2O6. The number of ketones is 1. The maximum Gasteiger partial charge on any atom is 0.295 e. The van der Waals surface area contributed by atoms with Gasteiger partial charge in [0.15, 0.2) is 0 Å². The summed E-state index contributed by atoms with van der Waals surface area (Å²) in [5.74, 6) is -0.364. The van der Waals surface area contributed by atoms with E-state index < -0.39 is 17.7 Å². The Kier molecular flexibility index (Phi) is 6.49. The molecule has 1 aromatic heterocycles. The van der Waals surface area contributed by atoms with Gasteiger partial charge in [-0.15, -0.1) is 0 Å². The van der Waals surface area contributed by atoms with Crippen molar-refractivity contribution in [1.82, 2.24) is 9.88 Å². The Hall–Kier alpha value is -4.33. The van der Waals surface area contributed by atoms with Gasteiger partial charge in [0.05, 0.1) is 32.9 Å². The van der Waals surface area contributed by atoms with Crippen molar-refractivity contribution >= 4 is 17.4 Å². The van der Waals surface area contributed by atoms with Crippen LogP contribution in [-0.2, 0) is 16.1 Å². The molecule has 1 atom stereocenters. The Morgan fingerprint density at radius 1 is 0.971 bits per heavy atom. The molecule has 1 saturated heterocycles. The third-order valence-corrected chi connectivity index (χ3v) is 5.69. The quantitative estimate of drug-likeness (QED) is 0.326. The predicted octanol–water partition coefficient (Wildman–Crippen LogP) is 3.73. The second-order valence-electron chi connectivity index (χ2n) is 7.63. The van der Waals surface area contributed by atoms with E-state index in [4.69, 9.17) is 14.2 Å². The van der Waals surface area contributed by atoms with E-state index in [-0.39, 0.29) is 17.9 Å². The number of carbonyl (C=O) groups is 2. The summed E-state index contributed by atoms with van der Waals surface area (Å²) in [5.41, 5.74) is 1.55. The molecule has 174 valence electrons. The Morgan fingerprint density at radius 3 is 2.41 bits per heavy atom. The number of aliphatic hydroxyl groups is 1. The maximum atomic E-state index is 13.3. The number of hydrogen-bond donors (Lipinski definition) is 1. The summed E-state index contributed by atoms with van der Waals surface area (Å²) in [4.78, 5) is 32.0. The second-order valence-corrected chi connectivity index (χ2v) is 7.63. The van der Waals surface area contributed by atoms with Crippen LogP contribution in [0.3, 0.4) is 0 Å². The van der Waals surface area contributed by atoms with Crippen LogP contribution in [0.1, 0.15) is 22.7 Å². The number of pyridine rings is 1. The number of hydrogen-bond acceptors (Lipinski definition) is 7. The summed E-state index contributed by atoms with van der Waals surface area (Å²) in [6, 6.07) is 14.4. The first-order valence-corrected chi connectivity index (χ1v) is 10.5. The number of ether oxygens (including phenoxy) is 3. The highest BCUT2D eigenvalue weighted by Crippen LogP contribution is 2.44. The van der Waals surface area contributed by atoms with Crippen molar-refractivity contribution in [1.29, 1.82) is 0 Å². The lowest BCUT2D eigenvalue weighted by atomic mass is 9.94. The van der Waals surface area contributed by atoms with Gasteiger partial charge in [-0.25, -0.2) is 0 Å². The smallest absolute Gasteiger partial charge is 0.295 e. The highest BCUT2D eigenvalue weighted by molar-refractivity contribution is 6.46. The zero-order chi connectivity index (χ0) is 24.2. The van der Waals surface area contributed by atoms with Crippen LogP contribution in [0.2, 0.25) is 0 Å². The lowest BCUT2D eigenvalue weighted by Crippen LogP contribution is -2.29. The van der Waals surface area contributed by atoms with Gasteiger partial charge >= 0.3 is 0 Å². The standard InChI is InChI=1S/C26H24N2O6/c1-32-18-8-4-7-17(12-18)24(29)22-23(20-13-19(33-2)9-10-21(20)34-3)28(26(31)25(22)30)15-16-6-5-11-27-14-16/h4-14,23,29H,15H2,1-3H3/b24-22+. The number of rotatable bonds is 7. The van der Waals surface area contributed by atoms with Crippen molar-refractivity contribution in [2.45, 2.75) is 12.6 Å². The number of carbonyl (C=O) groups excluding carboxylic acids is 2. The third-order valence-electron chi connectivity index (χ3n) is 5.69. The van der Waals surface area contributed by atoms with Crippen LogP contribution in [0.4, 0.5) is 0 Å². The Labute approximate surface area is 197 Å². The molecule has 1 aliphatic heterocycles. The fraction of sp³-hybridized carbons (Fsp3) is 0.192. The van der Waals surface area contributed by atoms with E-state index in [0.29, 0.717) is 28.4 Å². The van der Waals surface area contributed by atoms with E-state index in [1.54, 1.807) is 60.9 Å². The van der Waals surface area contributed by atoms with Crippen molar-refractivity contribution in [2.75, 3.05) is 21.3 Å². The average Bonchev–Trinajstić information content (AvgIpc) is 3.13. The molecule has 3 aromatic rings. The van der Waals surface area contributed by atoms with Gasteiger partial charge in [-0.3, -0.25) is 14.6 Å². The molecule has 4 rings (SSSR count). The highest BCUT2D eigenvalue weighted by atomic mass is 16.5. The number of benzene rings is 2. The van der Waals surface area contributed by atoms with Gasteiger partial charge in [0, 0.05) is 30.1 Å². The van der Waals surface area contributed by atoms with E-state index in [0.717, 1.165) is 5.56 Å². The van der Waals surface area contributed by atoms with E-state index in [1.807, 2.05) is 6.07 Å². The number of aromatic nitrogens is 1. The van der Waals surface area contributed by atoms with Gasteiger partial charge in [0.25, 0.3) is 11.7 Å². The van der Waals surface area contributed by atoms with Gasteiger partial charge in [-0.1, -0.05) is 18.2 Å². The molecule has 1 fully saturated rings. The maximum absolute atomic E-state index is 13.3. The molecule has 1 unspecified atom stereocenters. The van der Waals surface area contributed by atoms with Gasteiger partial charge < -0.3 is 24.2 Å². The number of likely N-dealkylation sites (tertiary alicyclic amines) is 1. The van der Waals surface area contributed by atoms with E-state index >= 15 is 0 Å². The van der Waals surface area contributed by atoms with Crippen LogP contribution in [0, 0.1) is 0 Å². The summed E-state index contributed by atoms with van der Waals surface area (Å²) in [7, 11) is 4.53. The fourth-order valence-corrected chi connectivity index (χ4v) is 4.03. The molecule has 2 aromatic carbocycles. The van der Waals surface area contributed by atoms with Gasteiger partial charge in [0.1, 0.15) is 23.0 Å². The van der Waals surface area contributed by atoms with Crippen LogP contribution >= 0.6 is 0 Å². The summed E-state index contributed by atoms with van der Waals surface area (Å²) in [6.45, 7) is 0.109. The van der Waals surface area contributed by atoms with Gasteiger partial charge in [-0.2, -0.15) is 0 Å². The number of methoxy groups -OCH3 is 3. The normalized spacial score (nSPS) is 17.0. The fourth-order valence-electron chi connectivity index (χ4n) is 4.03. The van der Waals surface area contributed by atoms with Crippen LogP contribution < -0.4 is 14.2 Å². The van der Waals surface area contributed by atoms with E-state index in [1.165, 1.54) is 26.2 Å². The molecule has 0 spiro atoms. The van der Waals surface area contributed by atoms with E-state index in [9.17, 15) is 14.7 Å². The first-order chi connectivity index (χ1) is 16.5. The molecular weight excluding hydrogens is 436 g/mol. The molecule has 0 aliphatic carbocycles. The zero-order valence-electron chi connectivity index (χ0n) is 19.0. The molecule has 0 bridgehead atoms. The summed E-state index contributed by atoms with van der Waals surface area (Å²) >= 11 is 0. The Morgan fingerprint density at radius 2 is 1.74 bits per heavy atom. The highest BCUT2D eigenvalue weighted by Gasteiger charge is 2.47. The molecule has 2 heterocycles. The number of amides is 1. The van der Waals surface area contributed by atoms with Crippen molar-refractivity contribution in [3.05, 3.63) is 89.3 Å². The average molecular weight is 460 g/mol. The van der Waals surface area contributed by atoms with Crippen LogP contribution in [0.5, 0.6) is 17.2 Å². The molecule has 0 radical (unpaired) electrons. The predicted molar refractivity (Wildman–Crippen MR) is 125 cm³/mol.